The zero-order valence-electron chi connectivity index (χ0n) is 15.2. The first-order valence-corrected chi connectivity index (χ1v) is 9.51. The molecule has 3 atom stereocenters. The van der Waals surface area contributed by atoms with Crippen LogP contribution in [0.2, 0.25) is 0 Å². The van der Waals surface area contributed by atoms with Crippen molar-refractivity contribution in [1.82, 2.24) is 5.32 Å². The van der Waals surface area contributed by atoms with Crippen LogP contribution in [-0.2, 0) is 11.3 Å². The molecule has 4 heteroatoms. The lowest BCUT2D eigenvalue weighted by Crippen LogP contribution is -3.18. The first-order chi connectivity index (χ1) is 11.6. The maximum atomic E-state index is 12.4. The van der Waals surface area contributed by atoms with E-state index in [0.29, 0.717) is 13.1 Å². The lowest BCUT2D eigenvalue weighted by atomic mass is 9.78. The average Bonchev–Trinajstić information content (AvgIpc) is 2.61. The first kappa shape index (κ1) is 17.3. The van der Waals surface area contributed by atoms with Gasteiger partial charge in [-0.1, -0.05) is 18.6 Å². The Hall–Kier alpha value is -1.55. The number of rotatable bonds is 5. The highest BCUT2D eigenvalue weighted by Crippen LogP contribution is 2.28. The highest BCUT2D eigenvalue weighted by Gasteiger charge is 2.37. The molecule has 2 fully saturated rings. The van der Waals surface area contributed by atoms with E-state index in [1.165, 1.54) is 55.7 Å². The van der Waals surface area contributed by atoms with Gasteiger partial charge >= 0.3 is 0 Å². The van der Waals surface area contributed by atoms with Gasteiger partial charge in [0.15, 0.2) is 6.54 Å². The second-order valence-corrected chi connectivity index (χ2v) is 7.72. The second-order valence-electron chi connectivity index (χ2n) is 7.72. The number of anilines is 1. The Morgan fingerprint density at radius 2 is 1.83 bits per heavy atom. The minimum absolute atomic E-state index is 0.202. The number of hydrogen-bond donors (Lipinski definition) is 2. The maximum Gasteiger partial charge on any atom is 0.275 e. The molecule has 3 rings (SSSR count). The predicted octanol–water partition coefficient (Wildman–Crippen LogP) is 1.61. The van der Waals surface area contributed by atoms with Crippen LogP contribution >= 0.6 is 0 Å². The van der Waals surface area contributed by atoms with Gasteiger partial charge in [0, 0.05) is 32.2 Å². The third kappa shape index (κ3) is 4.29. The van der Waals surface area contributed by atoms with E-state index < -0.39 is 0 Å². The predicted molar refractivity (Wildman–Crippen MR) is 98.3 cm³/mol. The Bertz CT molecular complexity index is 538. The van der Waals surface area contributed by atoms with Crippen LogP contribution in [0, 0.1) is 5.92 Å². The summed E-state index contributed by atoms with van der Waals surface area (Å²) in [6, 6.07) is 9.13. The van der Waals surface area contributed by atoms with Gasteiger partial charge in [-0.3, -0.25) is 4.79 Å². The summed E-state index contributed by atoms with van der Waals surface area (Å²) in [5, 5.41) is 3.12. The summed E-state index contributed by atoms with van der Waals surface area (Å²) in [5.74, 6) is 1.07. The highest BCUT2D eigenvalue weighted by atomic mass is 16.2. The maximum absolute atomic E-state index is 12.4. The number of carbonyl (C=O) groups is 1. The van der Waals surface area contributed by atoms with Crippen LogP contribution in [0.15, 0.2) is 24.3 Å². The number of amides is 1. The average molecular weight is 330 g/mol. The molecule has 0 aromatic heterocycles. The van der Waals surface area contributed by atoms with Crippen molar-refractivity contribution in [3.8, 4) is 0 Å². The summed E-state index contributed by atoms with van der Waals surface area (Å²) in [4.78, 5) is 16.0. The topological polar surface area (TPSA) is 36.8 Å². The molecule has 0 spiro atoms. The molecule has 1 aromatic rings. The van der Waals surface area contributed by atoms with E-state index in [1.807, 2.05) is 14.1 Å². The fourth-order valence-corrected chi connectivity index (χ4v) is 4.47. The van der Waals surface area contributed by atoms with Gasteiger partial charge in [-0.2, -0.15) is 0 Å². The second kappa shape index (κ2) is 8.02. The van der Waals surface area contributed by atoms with Crippen LogP contribution < -0.4 is 15.1 Å². The number of benzene rings is 1. The van der Waals surface area contributed by atoms with Crippen LogP contribution in [0.3, 0.4) is 0 Å². The van der Waals surface area contributed by atoms with Crippen molar-refractivity contribution < 1.29 is 9.69 Å². The Labute approximate surface area is 146 Å². The molecule has 0 radical (unpaired) electrons. The van der Waals surface area contributed by atoms with Crippen molar-refractivity contribution in [2.45, 2.75) is 51.1 Å². The van der Waals surface area contributed by atoms with E-state index in [9.17, 15) is 4.79 Å². The smallest absolute Gasteiger partial charge is 0.275 e. The first-order valence-electron chi connectivity index (χ1n) is 9.51. The third-order valence-electron chi connectivity index (χ3n) is 5.84. The van der Waals surface area contributed by atoms with Crippen LogP contribution in [0.5, 0.6) is 0 Å². The number of nitrogens with one attached hydrogen (secondary N) is 2. The molecular formula is C20H32N3O+. The fourth-order valence-electron chi connectivity index (χ4n) is 4.47. The van der Waals surface area contributed by atoms with Gasteiger partial charge in [-0.25, -0.2) is 0 Å². The zero-order chi connectivity index (χ0) is 16.9. The van der Waals surface area contributed by atoms with Crippen LogP contribution in [0.25, 0.3) is 0 Å². The normalized spacial score (nSPS) is 26.5. The van der Waals surface area contributed by atoms with Crippen molar-refractivity contribution in [2.75, 3.05) is 32.1 Å². The van der Waals surface area contributed by atoms with Crippen molar-refractivity contribution in [2.24, 2.45) is 5.92 Å². The molecule has 1 saturated carbocycles. The minimum atomic E-state index is 0.202. The quantitative estimate of drug-likeness (QED) is 0.861. The number of nitrogens with zero attached hydrogens (tertiary/aromatic N) is 1. The van der Waals surface area contributed by atoms with Gasteiger partial charge in [0.1, 0.15) is 0 Å². The summed E-state index contributed by atoms with van der Waals surface area (Å²) >= 11 is 0. The highest BCUT2D eigenvalue weighted by molar-refractivity contribution is 5.76. The lowest BCUT2D eigenvalue weighted by Gasteiger charge is -2.40. The number of carbonyl (C=O) groups excluding carboxylic acids is 1. The Morgan fingerprint density at radius 1 is 1.12 bits per heavy atom. The summed E-state index contributed by atoms with van der Waals surface area (Å²) in [7, 11) is 4.08. The van der Waals surface area contributed by atoms with Gasteiger partial charge in [0.25, 0.3) is 5.91 Å². The summed E-state index contributed by atoms with van der Waals surface area (Å²) in [5.41, 5.74) is 2.35. The summed E-state index contributed by atoms with van der Waals surface area (Å²) < 4.78 is 0. The number of quaternary nitrogens is 1. The molecule has 4 nitrogen and oxygen atoms in total. The molecule has 0 bridgehead atoms. The van der Waals surface area contributed by atoms with Crippen molar-refractivity contribution in [3.63, 3.8) is 0 Å². The summed E-state index contributed by atoms with van der Waals surface area (Å²) in [6.45, 7) is 2.46. The van der Waals surface area contributed by atoms with Crippen molar-refractivity contribution in [3.05, 3.63) is 29.8 Å². The zero-order valence-corrected chi connectivity index (χ0v) is 15.2. The Kier molecular flexibility index (Phi) is 5.77. The van der Waals surface area contributed by atoms with Crippen molar-refractivity contribution >= 4 is 11.6 Å². The molecule has 1 aromatic carbocycles. The molecule has 24 heavy (non-hydrogen) atoms. The molecule has 1 unspecified atom stereocenters. The van der Waals surface area contributed by atoms with E-state index in [4.69, 9.17) is 0 Å². The largest absolute Gasteiger partial charge is 0.378 e. The van der Waals surface area contributed by atoms with E-state index in [2.05, 4.69) is 34.5 Å². The number of fused-ring (bicyclic) bond motifs is 1. The standard InChI is InChI=1S/C20H31N3O/c1-22(2)18-11-9-16(10-12-18)14-21-20(24)15-23-13-5-7-17-6-3-4-8-19(17)23/h9-12,17,19H,3-8,13-15H2,1-2H3,(H,21,24)/p+1/t17-,19+/m1/s1. The molecule has 132 valence electrons. The number of piperidine rings is 1. The molecule has 2 aliphatic rings. The van der Waals surface area contributed by atoms with E-state index in [1.54, 1.807) is 0 Å². The number of hydrogen-bond acceptors (Lipinski definition) is 2. The monoisotopic (exact) mass is 330 g/mol. The third-order valence-corrected chi connectivity index (χ3v) is 5.84. The Morgan fingerprint density at radius 3 is 2.58 bits per heavy atom. The molecule has 1 aliphatic carbocycles. The lowest BCUT2D eigenvalue weighted by molar-refractivity contribution is -0.928. The van der Waals surface area contributed by atoms with Gasteiger partial charge in [0.2, 0.25) is 0 Å². The van der Waals surface area contributed by atoms with E-state index in [-0.39, 0.29) is 5.91 Å². The molecule has 1 amide bonds. The SMILES string of the molecule is CN(C)c1ccc(CNC(=O)C[NH+]2CCC[C@H]3CCCC[C@@H]32)cc1. The van der Waals surface area contributed by atoms with Crippen LogP contribution in [-0.4, -0.2) is 39.1 Å². The molecule has 1 aliphatic heterocycles. The minimum Gasteiger partial charge on any atom is -0.378 e. The fraction of sp³-hybridized carbons (Fsp3) is 0.650. The Balaban J connectivity index is 1.48. The van der Waals surface area contributed by atoms with Crippen molar-refractivity contribution in [1.29, 1.82) is 0 Å². The molecular weight excluding hydrogens is 298 g/mol. The molecule has 1 saturated heterocycles. The molecule has 2 N–H and O–H groups in total. The van der Waals surface area contributed by atoms with Gasteiger partial charge in [-0.15, -0.1) is 0 Å². The summed E-state index contributed by atoms with van der Waals surface area (Å²) in [6.07, 6.45) is 8.12. The van der Waals surface area contributed by atoms with E-state index >= 15 is 0 Å². The van der Waals surface area contributed by atoms with E-state index in [0.717, 1.165) is 17.5 Å². The van der Waals surface area contributed by atoms with Gasteiger partial charge < -0.3 is 15.1 Å². The van der Waals surface area contributed by atoms with Gasteiger partial charge in [0.05, 0.1) is 12.6 Å². The van der Waals surface area contributed by atoms with Gasteiger partial charge in [-0.05, 0) is 49.8 Å². The van der Waals surface area contributed by atoms with Crippen LogP contribution in [0.1, 0.15) is 44.1 Å². The van der Waals surface area contributed by atoms with Crippen LogP contribution in [0.4, 0.5) is 5.69 Å². The number of likely N-dealkylation sites (tertiary alicyclic amines) is 1. The molecule has 1 heterocycles.